The number of amides is 4. The second-order valence-corrected chi connectivity index (χ2v) is 13.0. The van der Waals surface area contributed by atoms with E-state index in [0.29, 0.717) is 0 Å². The number of carbonyl (C=O) groups excluding carboxylic acids is 5. The van der Waals surface area contributed by atoms with Gasteiger partial charge in [-0.2, -0.15) is 30.7 Å². The van der Waals surface area contributed by atoms with Gasteiger partial charge in [-0.1, -0.05) is 73.4 Å². The van der Waals surface area contributed by atoms with Crippen LogP contribution >= 0.6 is 23.2 Å². The largest absolute Gasteiger partial charge is 0.497 e. The van der Waals surface area contributed by atoms with Gasteiger partial charge in [0.15, 0.2) is 0 Å². The molecular formula is C35H33Cl2F7N4O6. The van der Waals surface area contributed by atoms with Gasteiger partial charge in [0.2, 0.25) is 17.6 Å². The Labute approximate surface area is 314 Å². The fourth-order valence-corrected chi connectivity index (χ4v) is 5.29. The molecule has 0 aliphatic heterocycles. The van der Waals surface area contributed by atoms with E-state index in [1.807, 2.05) is 10.6 Å². The molecule has 0 fully saturated rings. The number of Topliss-reactive ketones (excluding diaryl/α,β-unsaturated/α-hetero) is 1. The fraction of sp³-hybridized carbons (Fsp3) is 0.343. The van der Waals surface area contributed by atoms with Gasteiger partial charge in [-0.05, 0) is 53.4 Å². The van der Waals surface area contributed by atoms with Crippen molar-refractivity contribution < 1.29 is 59.4 Å². The van der Waals surface area contributed by atoms with Gasteiger partial charge in [-0.3, -0.25) is 24.0 Å². The second kappa shape index (κ2) is 18.0. The van der Waals surface area contributed by atoms with E-state index in [1.165, 1.54) is 81.6 Å². The molecule has 2 unspecified atom stereocenters. The summed E-state index contributed by atoms with van der Waals surface area (Å²) < 4.78 is 103. The number of carbonyl (C=O) groups is 5. The molecule has 0 bridgehead atoms. The van der Waals surface area contributed by atoms with Gasteiger partial charge < -0.3 is 26.0 Å². The number of nitrogens with one attached hydrogen (secondary N) is 4. The van der Waals surface area contributed by atoms with Crippen LogP contribution in [0.25, 0.3) is 0 Å². The van der Waals surface area contributed by atoms with Gasteiger partial charge in [-0.25, -0.2) is 0 Å². The van der Waals surface area contributed by atoms with Crippen LogP contribution in [0, 0.1) is 5.92 Å². The summed E-state index contributed by atoms with van der Waals surface area (Å²) in [4.78, 5) is 65.6. The number of benzene rings is 3. The highest BCUT2D eigenvalue weighted by Crippen LogP contribution is 2.31. The standard InChI is InChI=1S/C35H33Cl2F7N4O6/c1-18(2)26(28(49)35(43,44)31(52)45-17-33(38,39)40)47-30(51)27(20-10-12-24(54-3)13-11-20)48-29(50)25(15-19-6-4-8-22(36)14-19)46-32(53)34(41,42)21-7-5-9-23(37)16-21/h4-14,16,18,25-27H,15,17H2,1-3H3,(H,45,52)(H,46,53)(H,47,51)(H,48,50)/t25?,26-,27?/m0/s1. The number of ketones is 1. The molecule has 0 saturated carbocycles. The summed E-state index contributed by atoms with van der Waals surface area (Å²) in [6.45, 7) is 0.200. The lowest BCUT2D eigenvalue weighted by Crippen LogP contribution is -2.59. The molecule has 0 spiro atoms. The molecule has 0 heterocycles. The van der Waals surface area contributed by atoms with E-state index in [1.54, 1.807) is 0 Å². The maximum atomic E-state index is 15.4. The van der Waals surface area contributed by atoms with E-state index in [4.69, 9.17) is 27.9 Å². The molecule has 4 N–H and O–H groups in total. The average Bonchev–Trinajstić information content (AvgIpc) is 3.10. The Morgan fingerprint density at radius 2 is 1.33 bits per heavy atom. The minimum Gasteiger partial charge on any atom is -0.497 e. The lowest BCUT2D eigenvalue weighted by atomic mass is 9.94. The van der Waals surface area contributed by atoms with Crippen molar-refractivity contribution in [2.24, 2.45) is 5.92 Å². The van der Waals surface area contributed by atoms with E-state index < -0.39 is 90.0 Å². The minimum absolute atomic E-state index is 0.0663. The normalized spacial score (nSPS) is 13.6. The van der Waals surface area contributed by atoms with Crippen molar-refractivity contribution >= 4 is 52.6 Å². The maximum Gasteiger partial charge on any atom is 0.405 e. The molecule has 3 aromatic carbocycles. The van der Waals surface area contributed by atoms with E-state index in [9.17, 15) is 45.9 Å². The zero-order valence-electron chi connectivity index (χ0n) is 28.5. The van der Waals surface area contributed by atoms with Crippen LogP contribution in [-0.2, 0) is 36.3 Å². The average molecular weight is 810 g/mol. The lowest BCUT2D eigenvalue weighted by Gasteiger charge is -2.29. The molecule has 0 aliphatic rings. The summed E-state index contributed by atoms with van der Waals surface area (Å²) in [6, 6.07) is 9.27. The van der Waals surface area contributed by atoms with Gasteiger partial charge >= 0.3 is 18.0 Å². The van der Waals surface area contributed by atoms with Gasteiger partial charge in [-0.15, -0.1) is 0 Å². The Morgan fingerprint density at radius 1 is 0.741 bits per heavy atom. The predicted molar refractivity (Wildman–Crippen MR) is 182 cm³/mol. The molecule has 10 nitrogen and oxygen atoms in total. The van der Waals surface area contributed by atoms with Gasteiger partial charge in [0.1, 0.15) is 24.4 Å². The summed E-state index contributed by atoms with van der Waals surface area (Å²) in [6.07, 6.45) is -5.55. The second-order valence-electron chi connectivity index (χ2n) is 12.1. The van der Waals surface area contributed by atoms with Crippen molar-refractivity contribution in [2.75, 3.05) is 13.7 Å². The molecule has 0 radical (unpaired) electrons. The van der Waals surface area contributed by atoms with Crippen LogP contribution in [0.3, 0.4) is 0 Å². The van der Waals surface area contributed by atoms with E-state index in [0.717, 1.165) is 17.4 Å². The molecule has 0 aromatic heterocycles. The first kappa shape index (κ1) is 43.5. The van der Waals surface area contributed by atoms with Crippen LogP contribution in [0.5, 0.6) is 5.75 Å². The van der Waals surface area contributed by atoms with Gasteiger partial charge in [0, 0.05) is 22.0 Å². The van der Waals surface area contributed by atoms with Crippen LogP contribution < -0.4 is 26.0 Å². The Balaban J connectivity index is 2.00. The number of alkyl halides is 7. The number of halogens is 9. The first-order valence-electron chi connectivity index (χ1n) is 15.8. The maximum absolute atomic E-state index is 15.4. The van der Waals surface area contributed by atoms with Crippen LogP contribution in [0.1, 0.15) is 36.6 Å². The third-order valence-corrected chi connectivity index (χ3v) is 8.18. The van der Waals surface area contributed by atoms with Crippen molar-refractivity contribution in [3.05, 3.63) is 99.5 Å². The highest BCUT2D eigenvalue weighted by Gasteiger charge is 2.52. The molecule has 3 rings (SSSR count). The molecule has 54 heavy (non-hydrogen) atoms. The fourth-order valence-electron chi connectivity index (χ4n) is 4.88. The minimum atomic E-state index is -5.08. The first-order valence-corrected chi connectivity index (χ1v) is 16.5. The quantitative estimate of drug-likeness (QED) is 0.108. The molecule has 3 atom stereocenters. The topological polar surface area (TPSA) is 143 Å². The van der Waals surface area contributed by atoms with Gasteiger partial charge in [0.25, 0.3) is 11.8 Å². The molecule has 292 valence electrons. The summed E-state index contributed by atoms with van der Waals surface area (Å²) in [7, 11) is 1.31. The number of hydrogen-bond donors (Lipinski definition) is 4. The Hall–Kier alpha value is -4.90. The van der Waals surface area contributed by atoms with Crippen LogP contribution in [0.2, 0.25) is 10.0 Å². The van der Waals surface area contributed by atoms with Crippen molar-refractivity contribution in [1.82, 2.24) is 21.3 Å². The Kier molecular flexibility index (Phi) is 14.5. The van der Waals surface area contributed by atoms with E-state index in [-0.39, 0.29) is 26.9 Å². The van der Waals surface area contributed by atoms with E-state index >= 15 is 8.78 Å². The van der Waals surface area contributed by atoms with Gasteiger partial charge in [0.05, 0.1) is 13.2 Å². The SMILES string of the molecule is COc1ccc(C(NC(=O)C(Cc2cccc(Cl)c2)NC(=O)C(F)(F)c2cccc(Cl)c2)C(=O)N[C@H](C(=O)C(F)(F)C(=O)NCC(F)(F)F)C(C)C)cc1. The highest BCUT2D eigenvalue weighted by atomic mass is 35.5. The van der Waals surface area contributed by atoms with Crippen LogP contribution in [0.15, 0.2) is 72.8 Å². The Morgan fingerprint density at radius 3 is 1.87 bits per heavy atom. The summed E-state index contributed by atoms with van der Waals surface area (Å²) in [5.41, 5.74) is -0.600. The summed E-state index contributed by atoms with van der Waals surface area (Å²) in [5, 5.41) is 7.28. The molecule has 19 heteroatoms. The molecule has 0 saturated heterocycles. The van der Waals surface area contributed by atoms with Crippen molar-refractivity contribution in [3.8, 4) is 5.75 Å². The number of ether oxygens (including phenoxy) is 1. The highest BCUT2D eigenvalue weighted by molar-refractivity contribution is 6.31. The van der Waals surface area contributed by atoms with Crippen molar-refractivity contribution in [3.63, 3.8) is 0 Å². The summed E-state index contributed by atoms with van der Waals surface area (Å²) in [5.74, 6) is -19.6. The van der Waals surface area contributed by atoms with Crippen molar-refractivity contribution in [1.29, 1.82) is 0 Å². The predicted octanol–water partition coefficient (Wildman–Crippen LogP) is 5.70. The van der Waals surface area contributed by atoms with Crippen molar-refractivity contribution in [2.45, 2.75) is 56.4 Å². The molecule has 3 aromatic rings. The zero-order chi connectivity index (χ0) is 40.6. The number of hydrogen-bond acceptors (Lipinski definition) is 6. The molecule has 4 amide bonds. The summed E-state index contributed by atoms with van der Waals surface area (Å²) >= 11 is 11.9. The van der Waals surface area contributed by atoms with E-state index in [2.05, 4.69) is 5.32 Å². The third-order valence-electron chi connectivity index (χ3n) is 7.71. The molecule has 0 aliphatic carbocycles. The monoisotopic (exact) mass is 808 g/mol. The van der Waals surface area contributed by atoms with Crippen LogP contribution in [-0.4, -0.2) is 67.2 Å². The Bertz CT molecular complexity index is 1840. The third kappa shape index (κ3) is 11.5. The smallest absolute Gasteiger partial charge is 0.405 e. The van der Waals surface area contributed by atoms with Crippen LogP contribution in [0.4, 0.5) is 30.7 Å². The lowest BCUT2D eigenvalue weighted by molar-refractivity contribution is -0.165. The zero-order valence-corrected chi connectivity index (χ0v) is 30.0. The number of methoxy groups -OCH3 is 1. The number of rotatable bonds is 16. The molecular weight excluding hydrogens is 776 g/mol. The first-order chi connectivity index (χ1) is 25.1.